The Morgan fingerprint density at radius 1 is 0.679 bits per heavy atom. The molecule has 0 saturated carbocycles. The van der Waals surface area contributed by atoms with Crippen molar-refractivity contribution in [2.45, 2.75) is 205 Å². The Balaban J connectivity index is 2.46. The molecule has 12 nitrogen and oxygen atoms in total. The maximum atomic E-state index is 12.8. The Hall–Kier alpha value is -1.68. The van der Waals surface area contributed by atoms with Gasteiger partial charge in [-0.25, -0.2) is 4.18 Å². The molecule has 1 saturated heterocycles. The zero-order valence-corrected chi connectivity index (χ0v) is 35.5. The monoisotopic (exact) mass is 819 g/mol. The van der Waals surface area contributed by atoms with Crippen molar-refractivity contribution in [2.75, 3.05) is 26.4 Å². The molecule has 0 aromatic rings. The van der Waals surface area contributed by atoms with E-state index < -0.39 is 59.8 Å². The summed E-state index contributed by atoms with van der Waals surface area (Å²) in [6.45, 7) is 3.88. The molecule has 0 amide bonds. The van der Waals surface area contributed by atoms with Crippen molar-refractivity contribution in [3.63, 3.8) is 0 Å². The number of allylic oxidation sites excluding steroid dienone is 6. The average Bonchev–Trinajstić information content (AvgIpc) is 3.17. The van der Waals surface area contributed by atoms with Crippen molar-refractivity contribution in [3.8, 4) is 0 Å². The van der Waals surface area contributed by atoms with Crippen molar-refractivity contribution in [2.24, 2.45) is 0 Å². The zero-order chi connectivity index (χ0) is 41.1. The molecule has 0 spiro atoms. The fraction of sp³-hybridized carbons (Fsp3) is 0.837. The van der Waals surface area contributed by atoms with Gasteiger partial charge in [-0.05, 0) is 64.2 Å². The lowest BCUT2D eigenvalue weighted by Crippen LogP contribution is -2.60. The summed E-state index contributed by atoms with van der Waals surface area (Å²) in [6, 6.07) is 0. The Labute approximate surface area is 339 Å². The highest BCUT2D eigenvalue weighted by Crippen LogP contribution is 2.26. The first kappa shape index (κ1) is 52.3. The fourth-order valence-electron chi connectivity index (χ4n) is 6.41. The molecule has 1 heterocycles. The Morgan fingerprint density at radius 2 is 1.21 bits per heavy atom. The zero-order valence-electron chi connectivity index (χ0n) is 34.7. The second kappa shape index (κ2) is 35.3. The quantitative estimate of drug-likeness (QED) is 0.0203. The molecule has 6 atom stereocenters. The van der Waals surface area contributed by atoms with Crippen LogP contribution in [0.3, 0.4) is 0 Å². The van der Waals surface area contributed by atoms with Crippen LogP contribution in [0, 0.1) is 0 Å². The molecule has 0 aliphatic carbocycles. The number of rotatable bonds is 37. The van der Waals surface area contributed by atoms with Gasteiger partial charge in [0, 0.05) is 13.0 Å². The summed E-state index contributed by atoms with van der Waals surface area (Å²) in [4.78, 5) is 12.8. The highest BCUT2D eigenvalue weighted by atomic mass is 32.3. The van der Waals surface area contributed by atoms with Crippen LogP contribution in [0.5, 0.6) is 0 Å². The molecule has 1 fully saturated rings. The first-order chi connectivity index (χ1) is 27.1. The minimum absolute atomic E-state index is 0.0263. The van der Waals surface area contributed by atoms with Crippen molar-refractivity contribution < 1.29 is 56.2 Å². The van der Waals surface area contributed by atoms with E-state index in [1.807, 2.05) is 0 Å². The molecule has 0 aromatic carbocycles. The molecule has 13 heteroatoms. The summed E-state index contributed by atoms with van der Waals surface area (Å²) in [6.07, 6.45) is 30.4. The maximum absolute atomic E-state index is 12.8. The largest absolute Gasteiger partial charge is 0.457 e. The van der Waals surface area contributed by atoms with Gasteiger partial charge in [0.05, 0.1) is 19.8 Å². The summed E-state index contributed by atoms with van der Waals surface area (Å²) >= 11 is 0. The molecular formula is C43H78O12S. The Kier molecular flexibility index (Phi) is 33.0. The van der Waals surface area contributed by atoms with Crippen molar-refractivity contribution in [1.29, 1.82) is 0 Å². The molecule has 0 bridgehead atoms. The summed E-state index contributed by atoms with van der Waals surface area (Å²) in [5.74, 6) is -0.417. The van der Waals surface area contributed by atoms with Gasteiger partial charge < -0.3 is 34.3 Å². The van der Waals surface area contributed by atoms with E-state index in [1.54, 1.807) is 0 Å². The van der Waals surface area contributed by atoms with Gasteiger partial charge in [0.25, 0.3) is 0 Å². The molecule has 1 rings (SSSR count). The molecule has 0 aromatic heterocycles. The minimum Gasteiger partial charge on any atom is -0.457 e. The topological polar surface area (TPSA) is 178 Å². The lowest BCUT2D eigenvalue weighted by molar-refractivity contribution is -0.301. The van der Waals surface area contributed by atoms with Crippen LogP contribution in [0.25, 0.3) is 0 Å². The van der Waals surface area contributed by atoms with E-state index in [1.165, 1.54) is 70.6 Å². The number of aliphatic hydroxyl groups excluding tert-OH is 3. The summed E-state index contributed by atoms with van der Waals surface area (Å²) < 4.78 is 58.9. The van der Waals surface area contributed by atoms with E-state index in [4.69, 9.17) is 23.5 Å². The van der Waals surface area contributed by atoms with E-state index in [-0.39, 0.29) is 19.6 Å². The van der Waals surface area contributed by atoms with Gasteiger partial charge in [0.2, 0.25) is 0 Å². The number of carbonyl (C=O) groups is 1. The lowest BCUT2D eigenvalue weighted by atomic mass is 9.99. The van der Waals surface area contributed by atoms with E-state index in [2.05, 4.69) is 54.5 Å². The van der Waals surface area contributed by atoms with Crippen LogP contribution in [-0.2, 0) is 38.3 Å². The van der Waals surface area contributed by atoms with Crippen LogP contribution in [0.15, 0.2) is 36.5 Å². The maximum Gasteiger partial charge on any atom is 0.397 e. The van der Waals surface area contributed by atoms with Crippen molar-refractivity contribution >= 4 is 16.4 Å². The number of esters is 1. The standard InChI is InChI=1S/C43H78O12S/c1-3-5-7-9-11-13-15-17-18-19-21-23-25-27-29-31-33-51-35-37(36-52-43-41(47)42(55-56(48,49)50)40(46)38(34-44)54-43)53-39(45)32-30-28-26-24-22-20-16-14-12-10-8-6-4-2/h8,10,14,16-18,37-38,40-44,46-47H,3-7,9,11-13,15,19-36H2,1-2H3,(H,48,49,50)/b10-8-,16-14-,18-17-. The van der Waals surface area contributed by atoms with Crippen LogP contribution < -0.4 is 0 Å². The number of unbranched alkanes of at least 4 members (excludes halogenated alkanes) is 18. The highest BCUT2D eigenvalue weighted by molar-refractivity contribution is 7.80. The fourth-order valence-corrected chi connectivity index (χ4v) is 6.92. The van der Waals surface area contributed by atoms with E-state index in [0.717, 1.165) is 70.6 Å². The number of carbonyl (C=O) groups excluding carboxylic acids is 1. The van der Waals surface area contributed by atoms with Gasteiger partial charge >= 0.3 is 16.4 Å². The molecule has 0 radical (unpaired) electrons. The lowest BCUT2D eigenvalue weighted by Gasteiger charge is -2.41. The Bertz CT molecular complexity index is 1130. The van der Waals surface area contributed by atoms with Crippen LogP contribution in [0.1, 0.15) is 168 Å². The molecule has 1 aliphatic heterocycles. The minimum atomic E-state index is -5.06. The molecule has 1 aliphatic rings. The van der Waals surface area contributed by atoms with Gasteiger partial charge in [-0.15, -0.1) is 0 Å². The number of hydrogen-bond donors (Lipinski definition) is 4. The van der Waals surface area contributed by atoms with E-state index in [0.29, 0.717) is 13.0 Å². The van der Waals surface area contributed by atoms with Gasteiger partial charge in [0.1, 0.15) is 30.5 Å². The average molecular weight is 819 g/mol. The molecule has 328 valence electrons. The second-order valence-electron chi connectivity index (χ2n) is 14.9. The molecule has 56 heavy (non-hydrogen) atoms. The third-order valence-electron chi connectivity index (χ3n) is 9.72. The summed E-state index contributed by atoms with van der Waals surface area (Å²) in [7, 11) is -5.06. The Morgan fingerprint density at radius 3 is 1.79 bits per heavy atom. The molecule has 6 unspecified atom stereocenters. The summed E-state index contributed by atoms with van der Waals surface area (Å²) in [5.41, 5.74) is 0. The smallest absolute Gasteiger partial charge is 0.397 e. The van der Waals surface area contributed by atoms with Gasteiger partial charge in [0.15, 0.2) is 6.29 Å². The number of ether oxygens (including phenoxy) is 4. The van der Waals surface area contributed by atoms with E-state index >= 15 is 0 Å². The van der Waals surface area contributed by atoms with Gasteiger partial charge in [-0.1, -0.05) is 134 Å². The normalized spacial score (nSPS) is 21.1. The third-order valence-corrected chi connectivity index (χ3v) is 10.2. The SMILES string of the molecule is CCC/C=C\C/C=C\CCCCCCCC(=O)OC(COCCCCCCCC/C=C\CCCCCCCC)COC1OC(CO)C(O)C(OS(=O)(=O)O)C1O. The van der Waals surface area contributed by atoms with E-state index in [9.17, 15) is 28.5 Å². The van der Waals surface area contributed by atoms with Crippen molar-refractivity contribution in [1.82, 2.24) is 0 Å². The summed E-state index contributed by atoms with van der Waals surface area (Å²) in [5, 5.41) is 30.6. The first-order valence-electron chi connectivity index (χ1n) is 21.7. The third kappa shape index (κ3) is 28.7. The molecular weight excluding hydrogens is 741 g/mol. The van der Waals surface area contributed by atoms with Crippen LogP contribution in [0.4, 0.5) is 0 Å². The second-order valence-corrected chi connectivity index (χ2v) is 16.0. The number of hydrogen-bond acceptors (Lipinski definition) is 11. The van der Waals surface area contributed by atoms with Crippen LogP contribution >= 0.6 is 0 Å². The predicted octanol–water partition coefficient (Wildman–Crippen LogP) is 8.63. The van der Waals surface area contributed by atoms with Crippen LogP contribution in [-0.4, -0.2) is 97.5 Å². The molecule has 4 N–H and O–H groups in total. The first-order valence-corrected chi connectivity index (χ1v) is 23.1. The number of aliphatic hydroxyl groups is 3. The van der Waals surface area contributed by atoms with Crippen molar-refractivity contribution in [3.05, 3.63) is 36.5 Å². The predicted molar refractivity (Wildman–Crippen MR) is 220 cm³/mol. The van der Waals surface area contributed by atoms with Crippen LogP contribution in [0.2, 0.25) is 0 Å². The highest BCUT2D eigenvalue weighted by Gasteiger charge is 2.48. The van der Waals surface area contributed by atoms with Gasteiger partial charge in [-0.2, -0.15) is 8.42 Å². The van der Waals surface area contributed by atoms with Gasteiger partial charge in [-0.3, -0.25) is 9.35 Å².